The van der Waals surface area contributed by atoms with Crippen LogP contribution in [0.5, 0.6) is 5.75 Å². The van der Waals surface area contributed by atoms with Gasteiger partial charge in [0.2, 0.25) is 0 Å². The lowest BCUT2D eigenvalue weighted by Gasteiger charge is -2.36. The van der Waals surface area contributed by atoms with Crippen LogP contribution < -0.4 is 15.0 Å². The molecular weight excluding hydrogens is 540 g/mol. The van der Waals surface area contributed by atoms with Crippen LogP contribution in [0.1, 0.15) is 27.0 Å². The molecule has 2 aromatic carbocycles. The Hall–Kier alpha value is -3.27. The molecule has 0 radical (unpaired) electrons. The summed E-state index contributed by atoms with van der Waals surface area (Å²) in [6.45, 7) is 3.76. The summed E-state index contributed by atoms with van der Waals surface area (Å²) in [5, 5.41) is 3.76. The quantitative estimate of drug-likeness (QED) is 0.269. The van der Waals surface area contributed by atoms with Crippen molar-refractivity contribution in [2.45, 2.75) is 12.8 Å². The zero-order valence-corrected chi connectivity index (χ0v) is 21.6. The third kappa shape index (κ3) is 6.40. The number of rotatable bonds is 7. The number of piperazine rings is 1. The molecule has 0 bridgehead atoms. The second-order valence-electron chi connectivity index (χ2n) is 9.01. The Balaban J connectivity index is 1.18. The molecule has 2 aliphatic rings. The number of aromatic nitrogens is 1. The molecule has 1 N–H and O–H groups in total. The number of alkyl halides is 3. The molecule has 5 rings (SSSR count). The normalized spacial score (nSPS) is 15.4. The van der Waals surface area contributed by atoms with Crippen LogP contribution in [0.3, 0.4) is 0 Å². The minimum Gasteiger partial charge on any atom is -0.405 e. The number of nitrogens with zero attached hydrogens (tertiary/aromatic N) is 3. The highest BCUT2D eigenvalue weighted by atomic mass is 35.5. The molecule has 198 valence electrons. The predicted octanol–water partition coefficient (Wildman–Crippen LogP) is 6.28. The van der Waals surface area contributed by atoms with Gasteiger partial charge in [-0.25, -0.2) is 4.98 Å². The Kier molecular flexibility index (Phi) is 7.52. The van der Waals surface area contributed by atoms with Gasteiger partial charge in [0.15, 0.2) is 0 Å². The first-order valence-electron chi connectivity index (χ1n) is 11.9. The van der Waals surface area contributed by atoms with Gasteiger partial charge in [0.25, 0.3) is 5.91 Å². The van der Waals surface area contributed by atoms with E-state index in [9.17, 15) is 18.0 Å². The monoisotopic (exact) mass is 562 g/mol. The molecule has 1 amide bonds. The van der Waals surface area contributed by atoms with Gasteiger partial charge in [0.1, 0.15) is 10.9 Å². The standard InChI is InChI=1S/C27H23Cl2F3N4O2/c28-19-4-5-22(34-26(37)18-7-8-33-25(29)14-18)23(15-19)36-12-10-35(11-13-36)9-1-2-17-3-6-24(21-16-20(17)21)38-27(30,31)32/h1-8,14-15H,9-13,16H2,(H,34,37)/b2-1+. The van der Waals surface area contributed by atoms with Crippen LogP contribution >= 0.6 is 23.2 Å². The average molecular weight is 563 g/mol. The number of nitrogens with one attached hydrogen (secondary N) is 1. The van der Waals surface area contributed by atoms with E-state index in [2.05, 4.69) is 24.8 Å². The van der Waals surface area contributed by atoms with Crippen LogP contribution in [0.15, 0.2) is 54.7 Å². The van der Waals surface area contributed by atoms with Gasteiger partial charge in [-0.1, -0.05) is 41.4 Å². The minimum atomic E-state index is -4.68. The zero-order valence-electron chi connectivity index (χ0n) is 20.1. The van der Waals surface area contributed by atoms with Gasteiger partial charge in [0.05, 0.1) is 11.4 Å². The van der Waals surface area contributed by atoms with Gasteiger partial charge in [-0.3, -0.25) is 9.69 Å². The largest absolute Gasteiger partial charge is 0.573 e. The van der Waals surface area contributed by atoms with Crippen molar-refractivity contribution in [2.24, 2.45) is 0 Å². The first-order valence-corrected chi connectivity index (χ1v) is 12.7. The zero-order chi connectivity index (χ0) is 26.9. The first kappa shape index (κ1) is 26.3. The molecule has 11 heteroatoms. The Morgan fingerprint density at radius 1 is 1.05 bits per heavy atom. The topological polar surface area (TPSA) is 57.7 Å². The van der Waals surface area contributed by atoms with E-state index in [1.54, 1.807) is 24.3 Å². The maximum atomic E-state index is 12.8. The fourth-order valence-electron chi connectivity index (χ4n) is 4.50. The molecule has 3 aromatic rings. The van der Waals surface area contributed by atoms with E-state index in [4.69, 9.17) is 23.2 Å². The Morgan fingerprint density at radius 2 is 1.84 bits per heavy atom. The van der Waals surface area contributed by atoms with Crippen LogP contribution in [0.4, 0.5) is 24.5 Å². The van der Waals surface area contributed by atoms with E-state index in [1.807, 2.05) is 18.2 Å². The fourth-order valence-corrected chi connectivity index (χ4v) is 4.84. The molecule has 0 atom stereocenters. The van der Waals surface area contributed by atoms with Crippen LogP contribution in [-0.4, -0.2) is 54.9 Å². The summed E-state index contributed by atoms with van der Waals surface area (Å²) in [7, 11) is 0. The van der Waals surface area contributed by atoms with E-state index in [-0.39, 0.29) is 16.8 Å². The summed E-state index contributed by atoms with van der Waals surface area (Å²) in [4.78, 5) is 21.1. The predicted molar refractivity (Wildman–Crippen MR) is 142 cm³/mol. The van der Waals surface area contributed by atoms with Gasteiger partial charge in [-0.15, -0.1) is 13.2 Å². The number of carbonyl (C=O) groups is 1. The molecule has 1 aromatic heterocycles. The summed E-state index contributed by atoms with van der Waals surface area (Å²) < 4.78 is 41.6. The van der Waals surface area contributed by atoms with Crippen LogP contribution in [-0.2, 0) is 6.42 Å². The third-order valence-corrected chi connectivity index (χ3v) is 6.89. The number of anilines is 2. The maximum Gasteiger partial charge on any atom is 0.573 e. The smallest absolute Gasteiger partial charge is 0.405 e. The molecule has 0 unspecified atom stereocenters. The number of fused-ring (bicyclic) bond motifs is 1. The lowest BCUT2D eigenvalue weighted by Crippen LogP contribution is -2.46. The second kappa shape index (κ2) is 10.8. The molecule has 38 heavy (non-hydrogen) atoms. The summed E-state index contributed by atoms with van der Waals surface area (Å²) >= 11 is 12.2. The average Bonchev–Trinajstić information content (AvgIpc) is 3.68. The Morgan fingerprint density at radius 3 is 2.58 bits per heavy atom. The Labute approximate surface area is 227 Å². The van der Waals surface area contributed by atoms with Gasteiger partial charge in [-0.05, 0) is 47.5 Å². The third-order valence-electron chi connectivity index (χ3n) is 6.45. The SMILES string of the molecule is O=C(Nc1ccc(Cl)cc1N1CCN(C/C=C/c2ccc(OC(F)(F)F)c3c2C3)CC1)c1ccnc(Cl)c1. The van der Waals surface area contributed by atoms with E-state index in [0.717, 1.165) is 43.0 Å². The molecular formula is C27H23Cl2F3N4O2. The fraction of sp³-hybridized carbons (Fsp3) is 0.259. The molecule has 1 aliphatic carbocycles. The summed E-state index contributed by atoms with van der Waals surface area (Å²) in [5.41, 5.74) is 4.34. The van der Waals surface area contributed by atoms with Gasteiger partial charge in [-0.2, -0.15) is 0 Å². The number of benzene rings is 2. The second-order valence-corrected chi connectivity index (χ2v) is 9.83. The number of hydrogen-bond donors (Lipinski definition) is 1. The molecule has 2 heterocycles. The summed E-state index contributed by atoms with van der Waals surface area (Å²) in [5.74, 6) is -0.401. The first-order chi connectivity index (χ1) is 18.2. The van der Waals surface area contributed by atoms with Gasteiger partial charge < -0.3 is 15.0 Å². The van der Waals surface area contributed by atoms with Crippen LogP contribution in [0.2, 0.25) is 10.2 Å². The number of amides is 1. The highest BCUT2D eigenvalue weighted by Gasteiger charge is 2.35. The van der Waals surface area contributed by atoms with Crippen molar-refractivity contribution < 1.29 is 22.7 Å². The van der Waals surface area contributed by atoms with Crippen LogP contribution in [0.25, 0.3) is 6.08 Å². The van der Waals surface area contributed by atoms with Crippen LogP contribution in [0, 0.1) is 0 Å². The van der Waals surface area contributed by atoms with Crippen molar-refractivity contribution >= 4 is 46.6 Å². The van der Waals surface area contributed by atoms with Crippen molar-refractivity contribution in [3.63, 3.8) is 0 Å². The molecule has 1 aliphatic heterocycles. The molecule has 1 fully saturated rings. The minimum absolute atomic E-state index is 0.109. The Bertz CT molecular complexity index is 1390. The number of pyridine rings is 1. The van der Waals surface area contributed by atoms with Crippen molar-refractivity contribution in [2.75, 3.05) is 42.9 Å². The number of ether oxygens (including phenoxy) is 1. The highest BCUT2D eigenvalue weighted by Crippen LogP contribution is 2.42. The number of carbonyl (C=O) groups excluding carboxylic acids is 1. The van der Waals surface area contributed by atoms with E-state index in [1.165, 1.54) is 18.3 Å². The highest BCUT2D eigenvalue weighted by molar-refractivity contribution is 6.31. The maximum absolute atomic E-state index is 12.8. The molecule has 1 saturated heterocycles. The number of halogens is 5. The molecule has 0 saturated carbocycles. The van der Waals surface area contributed by atoms with E-state index in [0.29, 0.717) is 34.8 Å². The van der Waals surface area contributed by atoms with E-state index >= 15 is 0 Å². The van der Waals surface area contributed by atoms with Gasteiger partial charge in [0, 0.05) is 61.5 Å². The molecule has 6 nitrogen and oxygen atoms in total. The summed E-state index contributed by atoms with van der Waals surface area (Å²) in [6, 6.07) is 11.5. The molecule has 0 spiro atoms. The summed E-state index contributed by atoms with van der Waals surface area (Å²) in [6.07, 6.45) is 1.30. The number of hydrogen-bond acceptors (Lipinski definition) is 5. The van der Waals surface area contributed by atoms with E-state index < -0.39 is 6.36 Å². The van der Waals surface area contributed by atoms with Crippen molar-refractivity contribution in [1.82, 2.24) is 9.88 Å². The van der Waals surface area contributed by atoms with Crippen molar-refractivity contribution in [3.8, 4) is 5.75 Å². The van der Waals surface area contributed by atoms with Crippen molar-refractivity contribution in [3.05, 3.63) is 87.2 Å². The lowest BCUT2D eigenvalue weighted by atomic mass is 10.2. The van der Waals surface area contributed by atoms with Crippen molar-refractivity contribution in [1.29, 1.82) is 0 Å². The lowest BCUT2D eigenvalue weighted by molar-refractivity contribution is -0.274. The van der Waals surface area contributed by atoms with Gasteiger partial charge >= 0.3 is 6.36 Å².